The first-order valence-electron chi connectivity index (χ1n) is 8.53. The van der Waals surface area contributed by atoms with E-state index in [1.807, 2.05) is 12.3 Å². The van der Waals surface area contributed by atoms with Crippen LogP contribution in [0.5, 0.6) is 5.75 Å². The van der Waals surface area contributed by atoms with Crippen molar-refractivity contribution >= 4 is 21.8 Å². The molecular weight excluding hydrogens is 308 g/mol. The number of methoxy groups -OCH3 is 1. The van der Waals surface area contributed by atoms with Gasteiger partial charge in [-0.25, -0.2) is 4.98 Å². The molecule has 2 heterocycles. The second kappa shape index (κ2) is 5.62. The molecule has 0 spiro atoms. The van der Waals surface area contributed by atoms with Crippen molar-refractivity contribution in [2.45, 2.75) is 26.2 Å². The van der Waals surface area contributed by atoms with Crippen LogP contribution in [-0.2, 0) is 5.41 Å². The van der Waals surface area contributed by atoms with Gasteiger partial charge in [0, 0.05) is 23.0 Å². The van der Waals surface area contributed by atoms with Crippen LogP contribution in [-0.4, -0.2) is 16.7 Å². The molecule has 0 aliphatic carbocycles. The van der Waals surface area contributed by atoms with Crippen LogP contribution in [0, 0.1) is 0 Å². The molecular formula is C22H22N2O. The van der Waals surface area contributed by atoms with E-state index in [1.165, 1.54) is 16.3 Å². The highest BCUT2D eigenvalue weighted by Gasteiger charge is 2.17. The zero-order valence-corrected chi connectivity index (χ0v) is 15.1. The standard InChI is InChI=1S/C22H22N2O/c1-22(2,3)15-11-12-23-21(13-15)24-19-8-6-5-7-17(19)18-10-9-16(25-4)14-20(18)24/h5-14H,1-4H3. The summed E-state index contributed by atoms with van der Waals surface area (Å²) >= 11 is 0. The van der Waals surface area contributed by atoms with E-state index < -0.39 is 0 Å². The van der Waals surface area contributed by atoms with Gasteiger partial charge in [-0.3, -0.25) is 4.57 Å². The zero-order chi connectivity index (χ0) is 17.6. The second-order valence-electron chi connectivity index (χ2n) is 7.39. The molecule has 3 heteroatoms. The van der Waals surface area contributed by atoms with Gasteiger partial charge in [0.05, 0.1) is 18.1 Å². The molecule has 25 heavy (non-hydrogen) atoms. The van der Waals surface area contributed by atoms with Crippen molar-refractivity contribution < 1.29 is 4.74 Å². The average Bonchev–Trinajstić information content (AvgIpc) is 2.94. The molecule has 0 saturated carbocycles. The van der Waals surface area contributed by atoms with Crippen molar-refractivity contribution in [2.75, 3.05) is 7.11 Å². The molecule has 4 rings (SSSR count). The van der Waals surface area contributed by atoms with E-state index in [4.69, 9.17) is 4.74 Å². The number of pyridine rings is 1. The largest absolute Gasteiger partial charge is 0.497 e. The minimum absolute atomic E-state index is 0.0775. The Hall–Kier alpha value is -2.81. The normalized spacial score (nSPS) is 12.0. The van der Waals surface area contributed by atoms with Crippen molar-refractivity contribution in [3.8, 4) is 11.6 Å². The molecule has 0 fully saturated rings. The Balaban J connectivity index is 2.09. The van der Waals surface area contributed by atoms with Gasteiger partial charge in [0.1, 0.15) is 11.6 Å². The van der Waals surface area contributed by atoms with Crippen molar-refractivity contribution in [2.24, 2.45) is 0 Å². The monoisotopic (exact) mass is 330 g/mol. The third-order valence-corrected chi connectivity index (χ3v) is 4.72. The lowest BCUT2D eigenvalue weighted by Crippen LogP contribution is -2.12. The van der Waals surface area contributed by atoms with Crippen molar-refractivity contribution in [3.63, 3.8) is 0 Å². The predicted molar refractivity (Wildman–Crippen MR) is 104 cm³/mol. The molecule has 0 aliphatic heterocycles. The topological polar surface area (TPSA) is 27.1 Å². The summed E-state index contributed by atoms with van der Waals surface area (Å²) in [4.78, 5) is 4.67. The van der Waals surface area contributed by atoms with Crippen LogP contribution in [0.15, 0.2) is 60.8 Å². The first-order chi connectivity index (χ1) is 12.0. The summed E-state index contributed by atoms with van der Waals surface area (Å²) in [5, 5.41) is 2.43. The molecule has 0 unspecified atom stereocenters. The predicted octanol–water partition coefficient (Wildman–Crippen LogP) is 5.48. The molecule has 2 aromatic heterocycles. The van der Waals surface area contributed by atoms with Crippen LogP contribution >= 0.6 is 0 Å². The first kappa shape index (κ1) is 15.7. The van der Waals surface area contributed by atoms with E-state index in [1.54, 1.807) is 7.11 Å². The Labute approximate surface area is 147 Å². The number of rotatable bonds is 2. The van der Waals surface area contributed by atoms with E-state index in [0.29, 0.717) is 0 Å². The maximum atomic E-state index is 5.45. The molecule has 4 aromatic rings. The first-order valence-corrected chi connectivity index (χ1v) is 8.53. The van der Waals surface area contributed by atoms with Gasteiger partial charge in [-0.15, -0.1) is 0 Å². The fraction of sp³-hybridized carbons (Fsp3) is 0.227. The van der Waals surface area contributed by atoms with Gasteiger partial charge in [-0.2, -0.15) is 0 Å². The molecule has 0 aliphatic rings. The molecule has 0 radical (unpaired) electrons. The number of nitrogens with zero attached hydrogens (tertiary/aromatic N) is 2. The van der Waals surface area contributed by atoms with Gasteiger partial charge >= 0.3 is 0 Å². The van der Waals surface area contributed by atoms with E-state index in [2.05, 4.69) is 78.9 Å². The van der Waals surface area contributed by atoms with E-state index in [-0.39, 0.29) is 5.41 Å². The van der Waals surface area contributed by atoms with Gasteiger partial charge in [-0.05, 0) is 41.3 Å². The summed E-state index contributed by atoms with van der Waals surface area (Å²) in [7, 11) is 1.70. The number of ether oxygens (including phenoxy) is 1. The van der Waals surface area contributed by atoms with Crippen LogP contribution in [0.1, 0.15) is 26.3 Å². The molecule has 126 valence electrons. The van der Waals surface area contributed by atoms with Crippen LogP contribution < -0.4 is 4.74 Å². The quantitative estimate of drug-likeness (QED) is 0.486. The fourth-order valence-corrected chi connectivity index (χ4v) is 3.33. The lowest BCUT2D eigenvalue weighted by atomic mass is 9.88. The molecule has 0 saturated heterocycles. The van der Waals surface area contributed by atoms with Gasteiger partial charge in [0.15, 0.2) is 0 Å². The van der Waals surface area contributed by atoms with Gasteiger partial charge in [0.25, 0.3) is 0 Å². The van der Waals surface area contributed by atoms with E-state index >= 15 is 0 Å². The molecule has 0 N–H and O–H groups in total. The van der Waals surface area contributed by atoms with Crippen LogP contribution in [0.3, 0.4) is 0 Å². The average molecular weight is 330 g/mol. The van der Waals surface area contributed by atoms with E-state index in [0.717, 1.165) is 22.6 Å². The summed E-state index contributed by atoms with van der Waals surface area (Å²) in [5.41, 5.74) is 3.61. The minimum atomic E-state index is 0.0775. The van der Waals surface area contributed by atoms with E-state index in [9.17, 15) is 0 Å². The van der Waals surface area contributed by atoms with Crippen LogP contribution in [0.2, 0.25) is 0 Å². The van der Waals surface area contributed by atoms with Gasteiger partial charge in [-0.1, -0.05) is 39.0 Å². The highest BCUT2D eigenvalue weighted by Crippen LogP contribution is 2.34. The van der Waals surface area contributed by atoms with Crippen molar-refractivity contribution in [3.05, 3.63) is 66.4 Å². The minimum Gasteiger partial charge on any atom is -0.497 e. The molecule has 3 nitrogen and oxygen atoms in total. The summed E-state index contributed by atoms with van der Waals surface area (Å²) in [5.74, 6) is 1.79. The molecule has 2 aromatic carbocycles. The summed E-state index contributed by atoms with van der Waals surface area (Å²) in [6.07, 6.45) is 1.90. The lowest BCUT2D eigenvalue weighted by molar-refractivity contribution is 0.415. The lowest BCUT2D eigenvalue weighted by Gasteiger charge is -2.20. The summed E-state index contributed by atoms with van der Waals surface area (Å²) in [6, 6.07) is 19.0. The third-order valence-electron chi connectivity index (χ3n) is 4.72. The highest BCUT2D eigenvalue weighted by atomic mass is 16.5. The Kier molecular flexibility index (Phi) is 3.53. The van der Waals surface area contributed by atoms with Crippen molar-refractivity contribution in [1.82, 2.24) is 9.55 Å². The Morgan fingerprint density at radius 2 is 1.64 bits per heavy atom. The summed E-state index contributed by atoms with van der Waals surface area (Å²) < 4.78 is 7.68. The van der Waals surface area contributed by atoms with Gasteiger partial charge in [0.2, 0.25) is 0 Å². The third kappa shape index (κ3) is 2.56. The Bertz CT molecular complexity index is 1070. The molecule has 0 atom stereocenters. The number of benzene rings is 2. The van der Waals surface area contributed by atoms with Crippen LogP contribution in [0.4, 0.5) is 0 Å². The highest BCUT2D eigenvalue weighted by molar-refractivity contribution is 6.09. The smallest absolute Gasteiger partial charge is 0.137 e. The molecule has 0 bridgehead atoms. The number of hydrogen-bond acceptors (Lipinski definition) is 2. The maximum absolute atomic E-state index is 5.45. The second-order valence-corrected chi connectivity index (χ2v) is 7.39. The number of aromatic nitrogens is 2. The Morgan fingerprint density at radius 1 is 0.880 bits per heavy atom. The fourth-order valence-electron chi connectivity index (χ4n) is 3.33. The van der Waals surface area contributed by atoms with Crippen LogP contribution in [0.25, 0.3) is 27.6 Å². The number of fused-ring (bicyclic) bond motifs is 3. The number of para-hydroxylation sites is 1. The SMILES string of the molecule is COc1ccc2c3ccccc3n(-c3cc(C(C)(C)C)ccn3)c2c1. The maximum Gasteiger partial charge on any atom is 0.137 e. The number of hydrogen-bond donors (Lipinski definition) is 0. The summed E-state index contributed by atoms with van der Waals surface area (Å²) in [6.45, 7) is 6.67. The Morgan fingerprint density at radius 3 is 2.40 bits per heavy atom. The molecule has 0 amide bonds. The van der Waals surface area contributed by atoms with Gasteiger partial charge < -0.3 is 4.74 Å². The zero-order valence-electron chi connectivity index (χ0n) is 15.1. The van der Waals surface area contributed by atoms with Crippen molar-refractivity contribution in [1.29, 1.82) is 0 Å².